The Morgan fingerprint density at radius 1 is 1.67 bits per heavy atom. The van der Waals surface area contributed by atoms with Crippen LogP contribution in [0.3, 0.4) is 0 Å². The minimum Gasteiger partial charge on any atom is -0.481 e. The molecule has 0 saturated heterocycles. The quantitative estimate of drug-likeness (QED) is 0.426. The Morgan fingerprint density at radius 3 is 2.80 bits per heavy atom. The first-order chi connectivity index (χ1) is 7.10. The van der Waals surface area contributed by atoms with Gasteiger partial charge in [0.1, 0.15) is 0 Å². The molecular formula is C8H7FN2O4. The molecule has 0 fully saturated rings. The largest absolute Gasteiger partial charge is 0.481 e. The maximum atomic E-state index is 12.1. The Kier molecular flexibility index (Phi) is 3.27. The summed E-state index contributed by atoms with van der Waals surface area (Å²) < 4.78 is 16.8. The van der Waals surface area contributed by atoms with Gasteiger partial charge < -0.3 is 4.74 Å². The second-order valence-corrected chi connectivity index (χ2v) is 2.54. The van der Waals surface area contributed by atoms with E-state index in [0.717, 1.165) is 6.07 Å². The van der Waals surface area contributed by atoms with Crippen LogP contribution in [-0.4, -0.2) is 29.5 Å². The van der Waals surface area contributed by atoms with Crippen molar-refractivity contribution in [2.75, 3.05) is 13.8 Å². The molecule has 15 heavy (non-hydrogen) atoms. The molecule has 0 radical (unpaired) electrons. The van der Waals surface area contributed by atoms with Gasteiger partial charge in [0.05, 0.1) is 12.0 Å². The summed E-state index contributed by atoms with van der Waals surface area (Å²) in [6.45, 7) is -1.33. The first-order valence-electron chi connectivity index (χ1n) is 3.88. The number of nitrogens with zero attached hydrogens (tertiary/aromatic N) is 2. The Labute approximate surface area is 83.8 Å². The van der Waals surface area contributed by atoms with Crippen molar-refractivity contribution in [2.24, 2.45) is 0 Å². The zero-order chi connectivity index (χ0) is 11.4. The number of alkyl halides is 1. The van der Waals surface area contributed by atoms with Crippen LogP contribution in [0.25, 0.3) is 0 Å². The van der Waals surface area contributed by atoms with Crippen LogP contribution in [0.5, 0.6) is 5.88 Å². The van der Waals surface area contributed by atoms with Gasteiger partial charge in [-0.2, -0.15) is 0 Å². The Morgan fingerprint density at radius 2 is 2.33 bits per heavy atom. The van der Waals surface area contributed by atoms with Crippen molar-refractivity contribution in [3.05, 3.63) is 27.9 Å². The smallest absolute Gasteiger partial charge is 0.298 e. The van der Waals surface area contributed by atoms with Gasteiger partial charge >= 0.3 is 0 Å². The van der Waals surface area contributed by atoms with Crippen LogP contribution < -0.4 is 4.74 Å². The van der Waals surface area contributed by atoms with Crippen LogP contribution in [0.2, 0.25) is 0 Å². The summed E-state index contributed by atoms with van der Waals surface area (Å²) in [5.41, 5.74) is -1.06. The molecule has 1 rings (SSSR count). The molecule has 0 bridgehead atoms. The molecule has 0 amide bonds. The number of rotatable bonds is 4. The molecule has 1 heterocycles. The van der Waals surface area contributed by atoms with E-state index in [-0.39, 0.29) is 5.88 Å². The molecule has 0 spiro atoms. The summed E-state index contributed by atoms with van der Waals surface area (Å²) >= 11 is 0. The van der Waals surface area contributed by atoms with E-state index >= 15 is 0 Å². The summed E-state index contributed by atoms with van der Waals surface area (Å²) in [6.07, 6.45) is 0. The molecule has 0 aliphatic rings. The summed E-state index contributed by atoms with van der Waals surface area (Å²) in [4.78, 5) is 24.2. The fraction of sp³-hybridized carbons (Fsp3) is 0.250. The lowest BCUT2D eigenvalue weighted by Crippen LogP contribution is -2.09. The SMILES string of the molecule is COc1ccc([N+](=O)[O-])c(C(=O)CF)n1. The van der Waals surface area contributed by atoms with Crippen molar-refractivity contribution in [3.63, 3.8) is 0 Å². The van der Waals surface area contributed by atoms with Crippen molar-refractivity contribution in [2.45, 2.75) is 0 Å². The van der Waals surface area contributed by atoms with E-state index in [4.69, 9.17) is 0 Å². The first-order valence-corrected chi connectivity index (χ1v) is 3.88. The highest BCUT2D eigenvalue weighted by atomic mass is 19.1. The van der Waals surface area contributed by atoms with E-state index in [9.17, 15) is 19.3 Å². The topological polar surface area (TPSA) is 82.3 Å². The van der Waals surface area contributed by atoms with Crippen molar-refractivity contribution < 1.29 is 18.8 Å². The lowest BCUT2D eigenvalue weighted by Gasteiger charge is -2.01. The molecule has 7 heteroatoms. The number of hydrogen-bond acceptors (Lipinski definition) is 5. The minimum atomic E-state index is -1.33. The number of methoxy groups -OCH3 is 1. The maximum absolute atomic E-state index is 12.1. The van der Waals surface area contributed by atoms with Crippen LogP contribution in [0.4, 0.5) is 10.1 Å². The van der Waals surface area contributed by atoms with E-state index in [2.05, 4.69) is 9.72 Å². The number of halogens is 1. The van der Waals surface area contributed by atoms with Crippen LogP contribution in [0.15, 0.2) is 12.1 Å². The van der Waals surface area contributed by atoms with E-state index in [1.807, 2.05) is 0 Å². The zero-order valence-corrected chi connectivity index (χ0v) is 7.77. The molecule has 0 unspecified atom stereocenters. The summed E-state index contributed by atoms with van der Waals surface area (Å²) in [5.74, 6) is -1.02. The van der Waals surface area contributed by atoms with Gasteiger partial charge in [-0.3, -0.25) is 14.9 Å². The van der Waals surface area contributed by atoms with Gasteiger partial charge in [-0.25, -0.2) is 9.37 Å². The second kappa shape index (κ2) is 4.45. The highest BCUT2D eigenvalue weighted by molar-refractivity contribution is 5.98. The van der Waals surface area contributed by atoms with Crippen molar-refractivity contribution in [1.29, 1.82) is 0 Å². The van der Waals surface area contributed by atoms with Gasteiger partial charge in [0.15, 0.2) is 12.4 Å². The van der Waals surface area contributed by atoms with Gasteiger partial charge in [0.25, 0.3) is 5.69 Å². The number of aromatic nitrogens is 1. The maximum Gasteiger partial charge on any atom is 0.298 e. The third-order valence-electron chi connectivity index (χ3n) is 1.64. The molecule has 80 valence electrons. The van der Waals surface area contributed by atoms with E-state index in [1.165, 1.54) is 13.2 Å². The standard InChI is InChI=1S/C8H7FN2O4/c1-15-7-3-2-5(11(13)14)8(10-7)6(12)4-9/h2-3H,4H2,1H3. The van der Waals surface area contributed by atoms with Crippen LogP contribution >= 0.6 is 0 Å². The third kappa shape index (κ3) is 2.25. The van der Waals surface area contributed by atoms with Crippen molar-refractivity contribution in [3.8, 4) is 5.88 Å². The molecular weight excluding hydrogens is 207 g/mol. The number of ether oxygens (including phenoxy) is 1. The van der Waals surface area contributed by atoms with E-state index < -0.39 is 28.8 Å². The van der Waals surface area contributed by atoms with Gasteiger partial charge in [0.2, 0.25) is 11.7 Å². The van der Waals surface area contributed by atoms with Crippen LogP contribution in [0.1, 0.15) is 10.5 Å². The van der Waals surface area contributed by atoms with Gasteiger partial charge in [-0.15, -0.1) is 0 Å². The molecule has 1 aromatic heterocycles. The number of pyridine rings is 1. The summed E-state index contributed by atoms with van der Waals surface area (Å²) in [6, 6.07) is 2.28. The van der Waals surface area contributed by atoms with Crippen molar-refractivity contribution in [1.82, 2.24) is 4.98 Å². The summed E-state index contributed by atoms with van der Waals surface area (Å²) in [7, 11) is 1.29. The molecule has 6 nitrogen and oxygen atoms in total. The number of Topliss-reactive ketones (excluding diaryl/α,β-unsaturated/α-hetero) is 1. The normalized spacial score (nSPS) is 9.73. The summed E-state index contributed by atoms with van der Waals surface area (Å²) in [5, 5.41) is 10.5. The molecule has 0 saturated carbocycles. The number of hydrogen-bond donors (Lipinski definition) is 0. The molecule has 1 aromatic rings. The lowest BCUT2D eigenvalue weighted by atomic mass is 10.2. The minimum absolute atomic E-state index is 0.0254. The number of carbonyl (C=O) groups excluding carboxylic acids is 1. The average Bonchev–Trinajstić information content (AvgIpc) is 2.26. The van der Waals surface area contributed by atoms with E-state index in [0.29, 0.717) is 0 Å². The first kappa shape index (κ1) is 11.0. The van der Waals surface area contributed by atoms with Crippen LogP contribution in [0, 0.1) is 10.1 Å². The Hall–Kier alpha value is -2.05. The monoisotopic (exact) mass is 214 g/mol. The van der Waals surface area contributed by atoms with Gasteiger partial charge in [-0.05, 0) is 0 Å². The molecule has 0 atom stereocenters. The zero-order valence-electron chi connectivity index (χ0n) is 7.77. The predicted octanol–water partition coefficient (Wildman–Crippen LogP) is 1.15. The lowest BCUT2D eigenvalue weighted by molar-refractivity contribution is -0.385. The Balaban J connectivity index is 3.28. The molecule has 0 aliphatic heterocycles. The van der Waals surface area contributed by atoms with E-state index in [1.54, 1.807) is 0 Å². The fourth-order valence-corrected chi connectivity index (χ4v) is 0.963. The second-order valence-electron chi connectivity index (χ2n) is 2.54. The number of nitro groups is 1. The number of ketones is 1. The third-order valence-corrected chi connectivity index (χ3v) is 1.64. The molecule has 0 N–H and O–H groups in total. The van der Waals surface area contributed by atoms with Crippen molar-refractivity contribution >= 4 is 11.5 Å². The predicted molar refractivity (Wildman–Crippen MR) is 47.7 cm³/mol. The van der Waals surface area contributed by atoms with Gasteiger partial charge in [0, 0.05) is 12.1 Å². The van der Waals surface area contributed by atoms with Crippen LogP contribution in [-0.2, 0) is 0 Å². The average molecular weight is 214 g/mol. The fourth-order valence-electron chi connectivity index (χ4n) is 0.963. The highest BCUT2D eigenvalue weighted by Crippen LogP contribution is 2.20. The molecule has 0 aliphatic carbocycles. The highest BCUT2D eigenvalue weighted by Gasteiger charge is 2.22. The van der Waals surface area contributed by atoms with Gasteiger partial charge in [-0.1, -0.05) is 0 Å². The molecule has 0 aromatic carbocycles. The Bertz CT molecular complexity index is 408. The number of carbonyl (C=O) groups is 1.